The minimum Gasteiger partial charge on any atom is -0.465 e. The molecule has 0 aromatic carbocycles. The summed E-state index contributed by atoms with van der Waals surface area (Å²) in [5, 5.41) is 0. The second-order valence-electron chi connectivity index (χ2n) is 12.4. The number of rotatable bonds is 26. The fraction of sp³-hybridized carbons (Fsp3) is 0.970. The van der Waals surface area contributed by atoms with Crippen LogP contribution in [-0.4, -0.2) is 12.6 Å². The monoisotopic (exact) mass is 495 g/mol. The summed E-state index contributed by atoms with van der Waals surface area (Å²) in [5.74, 6) is 2.58. The van der Waals surface area contributed by atoms with Gasteiger partial charge in [0.15, 0.2) is 0 Å². The number of hydrogen-bond donors (Lipinski definition) is 0. The molecule has 0 amide bonds. The summed E-state index contributed by atoms with van der Waals surface area (Å²) in [4.78, 5) is 12.3. The molecule has 0 saturated carbocycles. The quantitative estimate of drug-likeness (QED) is 0.0882. The number of unbranched alkanes of at least 4 members (excludes halogenated alkanes) is 11. The minimum absolute atomic E-state index is 0.0240. The van der Waals surface area contributed by atoms with Crippen molar-refractivity contribution in [1.82, 2.24) is 0 Å². The van der Waals surface area contributed by atoms with E-state index in [1.165, 1.54) is 116 Å². The van der Waals surface area contributed by atoms with Crippen molar-refractivity contribution in [3.63, 3.8) is 0 Å². The first-order chi connectivity index (χ1) is 16.9. The van der Waals surface area contributed by atoms with E-state index in [2.05, 4.69) is 34.6 Å². The van der Waals surface area contributed by atoms with Crippen LogP contribution in [0.15, 0.2) is 0 Å². The van der Waals surface area contributed by atoms with Crippen molar-refractivity contribution in [2.24, 2.45) is 23.7 Å². The average Bonchev–Trinajstić information content (AvgIpc) is 2.81. The molecule has 35 heavy (non-hydrogen) atoms. The predicted octanol–water partition coefficient (Wildman–Crippen LogP) is 11.3. The van der Waals surface area contributed by atoms with Crippen molar-refractivity contribution in [3.8, 4) is 0 Å². The minimum atomic E-state index is 0.0240. The first kappa shape index (κ1) is 34.5. The Morgan fingerprint density at radius 2 is 0.914 bits per heavy atom. The van der Waals surface area contributed by atoms with Crippen LogP contribution in [-0.2, 0) is 9.53 Å². The lowest BCUT2D eigenvalue weighted by molar-refractivity contribution is -0.148. The van der Waals surface area contributed by atoms with Gasteiger partial charge in [0.1, 0.15) is 0 Å². The molecule has 2 nitrogen and oxygen atoms in total. The predicted molar refractivity (Wildman–Crippen MR) is 156 cm³/mol. The molecule has 2 heteroatoms. The van der Waals surface area contributed by atoms with E-state index in [0.29, 0.717) is 6.61 Å². The van der Waals surface area contributed by atoms with Gasteiger partial charge in [0.25, 0.3) is 0 Å². The first-order valence-corrected chi connectivity index (χ1v) is 16.0. The molecule has 0 aromatic heterocycles. The molecule has 0 rings (SSSR count). The van der Waals surface area contributed by atoms with Gasteiger partial charge in [0.05, 0.1) is 12.5 Å². The van der Waals surface area contributed by atoms with Crippen molar-refractivity contribution in [1.29, 1.82) is 0 Å². The van der Waals surface area contributed by atoms with Gasteiger partial charge < -0.3 is 4.74 Å². The third-order valence-corrected chi connectivity index (χ3v) is 7.85. The smallest absolute Gasteiger partial charge is 0.308 e. The summed E-state index contributed by atoms with van der Waals surface area (Å²) in [5.41, 5.74) is 0. The third kappa shape index (κ3) is 24.9. The average molecular weight is 495 g/mol. The maximum absolute atomic E-state index is 12.3. The first-order valence-electron chi connectivity index (χ1n) is 16.0. The van der Waals surface area contributed by atoms with Gasteiger partial charge >= 0.3 is 5.97 Å². The highest BCUT2D eigenvalue weighted by atomic mass is 16.5. The molecule has 0 fully saturated rings. The molecule has 0 heterocycles. The Hall–Kier alpha value is -0.530. The fourth-order valence-electron chi connectivity index (χ4n) is 5.13. The van der Waals surface area contributed by atoms with Crippen molar-refractivity contribution >= 4 is 5.97 Å². The topological polar surface area (TPSA) is 26.3 Å². The summed E-state index contributed by atoms with van der Waals surface area (Å²) >= 11 is 0. The van der Waals surface area contributed by atoms with E-state index in [9.17, 15) is 4.79 Å². The Kier molecular flexibility index (Phi) is 24.8. The Bertz CT molecular complexity index is 444. The van der Waals surface area contributed by atoms with E-state index in [1.54, 1.807) is 0 Å². The van der Waals surface area contributed by atoms with Gasteiger partial charge in [-0.2, -0.15) is 0 Å². The number of carbonyl (C=O) groups is 1. The van der Waals surface area contributed by atoms with Crippen LogP contribution < -0.4 is 0 Å². The van der Waals surface area contributed by atoms with Gasteiger partial charge in [-0.15, -0.1) is 0 Å². The van der Waals surface area contributed by atoms with Gasteiger partial charge in [0.2, 0.25) is 0 Å². The molecule has 0 saturated heterocycles. The summed E-state index contributed by atoms with van der Waals surface area (Å²) in [7, 11) is 0. The van der Waals surface area contributed by atoms with Gasteiger partial charge in [0, 0.05) is 0 Å². The van der Waals surface area contributed by atoms with E-state index in [-0.39, 0.29) is 11.9 Å². The van der Waals surface area contributed by atoms with Crippen LogP contribution in [0.2, 0.25) is 0 Å². The molecule has 0 radical (unpaired) electrons. The van der Waals surface area contributed by atoms with Crippen LogP contribution in [0.3, 0.4) is 0 Å². The van der Waals surface area contributed by atoms with E-state index in [0.717, 1.165) is 37.0 Å². The van der Waals surface area contributed by atoms with E-state index in [4.69, 9.17) is 4.74 Å². The zero-order valence-corrected chi connectivity index (χ0v) is 25.2. The molecular weight excluding hydrogens is 428 g/mol. The highest BCUT2D eigenvalue weighted by Gasteiger charge is 2.15. The lowest BCUT2D eigenvalue weighted by Gasteiger charge is -2.16. The molecule has 3 unspecified atom stereocenters. The molecule has 210 valence electrons. The fourth-order valence-corrected chi connectivity index (χ4v) is 5.13. The summed E-state index contributed by atoms with van der Waals surface area (Å²) in [6.07, 6.45) is 27.7. The number of hydrogen-bond acceptors (Lipinski definition) is 2. The van der Waals surface area contributed by atoms with Crippen molar-refractivity contribution in [2.45, 2.75) is 176 Å². The summed E-state index contributed by atoms with van der Waals surface area (Å²) < 4.78 is 5.55. The third-order valence-electron chi connectivity index (χ3n) is 7.85. The molecule has 3 atom stereocenters. The van der Waals surface area contributed by atoms with Crippen LogP contribution in [0.1, 0.15) is 176 Å². The molecule has 0 spiro atoms. The van der Waals surface area contributed by atoms with Crippen LogP contribution in [0.25, 0.3) is 0 Å². The lowest BCUT2D eigenvalue weighted by Crippen LogP contribution is -2.15. The zero-order chi connectivity index (χ0) is 26.2. The molecule has 0 aliphatic carbocycles. The van der Waals surface area contributed by atoms with Gasteiger partial charge in [-0.3, -0.25) is 4.79 Å². The van der Waals surface area contributed by atoms with Gasteiger partial charge in [-0.1, -0.05) is 164 Å². The highest BCUT2D eigenvalue weighted by molar-refractivity contribution is 5.71. The van der Waals surface area contributed by atoms with Gasteiger partial charge in [-0.25, -0.2) is 0 Å². The zero-order valence-electron chi connectivity index (χ0n) is 25.2. The summed E-state index contributed by atoms with van der Waals surface area (Å²) in [6, 6.07) is 0. The maximum atomic E-state index is 12.3. The van der Waals surface area contributed by atoms with Gasteiger partial charge in [-0.05, 0) is 30.6 Å². The van der Waals surface area contributed by atoms with Crippen molar-refractivity contribution in [2.75, 3.05) is 6.61 Å². The molecular formula is C33H66O2. The second-order valence-corrected chi connectivity index (χ2v) is 12.4. The van der Waals surface area contributed by atoms with Crippen LogP contribution in [0.5, 0.6) is 0 Å². The van der Waals surface area contributed by atoms with E-state index in [1.807, 2.05) is 6.92 Å². The van der Waals surface area contributed by atoms with Crippen molar-refractivity contribution < 1.29 is 9.53 Å². The van der Waals surface area contributed by atoms with E-state index < -0.39 is 0 Å². The highest BCUT2D eigenvalue weighted by Crippen LogP contribution is 2.22. The SMILES string of the molecule is CCCCCCCCCCCCCCOC(=O)C(C)CCCC(C)CCCC(C)CCCC(C)C. The van der Waals surface area contributed by atoms with Crippen molar-refractivity contribution in [3.05, 3.63) is 0 Å². The van der Waals surface area contributed by atoms with Crippen LogP contribution in [0, 0.1) is 23.7 Å². The summed E-state index contributed by atoms with van der Waals surface area (Å²) in [6.45, 7) is 14.4. The standard InChI is InChI=1S/C33H66O2/c1-7-8-9-10-11-12-13-14-15-16-17-18-28-35-33(34)32(6)27-21-26-31(5)25-20-24-30(4)23-19-22-29(2)3/h29-32H,7-28H2,1-6H3. The normalized spacial score (nSPS) is 14.3. The molecule has 0 bridgehead atoms. The largest absolute Gasteiger partial charge is 0.465 e. The molecule has 0 aromatic rings. The van der Waals surface area contributed by atoms with Crippen LogP contribution >= 0.6 is 0 Å². The Morgan fingerprint density at radius 1 is 0.514 bits per heavy atom. The molecule has 0 aliphatic heterocycles. The Morgan fingerprint density at radius 3 is 1.37 bits per heavy atom. The maximum Gasteiger partial charge on any atom is 0.308 e. The van der Waals surface area contributed by atoms with E-state index >= 15 is 0 Å². The Labute approximate surface area is 222 Å². The molecule has 0 N–H and O–H groups in total. The molecule has 0 aliphatic rings. The number of carbonyl (C=O) groups excluding carboxylic acids is 1. The second kappa shape index (κ2) is 25.1. The number of esters is 1. The lowest BCUT2D eigenvalue weighted by atomic mass is 9.91. The Balaban J connectivity index is 3.52. The number of ether oxygens (including phenoxy) is 1. The van der Waals surface area contributed by atoms with Crippen LogP contribution in [0.4, 0.5) is 0 Å².